The Morgan fingerprint density at radius 3 is 2.78 bits per heavy atom. The van der Waals surface area contributed by atoms with E-state index in [0.29, 0.717) is 22.0 Å². The van der Waals surface area contributed by atoms with Gasteiger partial charge in [-0.15, -0.1) is 0 Å². The number of imidazole rings is 1. The van der Waals surface area contributed by atoms with Gasteiger partial charge in [-0.25, -0.2) is 4.98 Å². The maximum atomic E-state index is 12.9. The number of hydrogen-bond donors (Lipinski definition) is 2. The number of benzene rings is 1. The molecule has 1 aromatic carbocycles. The van der Waals surface area contributed by atoms with Crippen molar-refractivity contribution in [2.75, 3.05) is 12.4 Å². The van der Waals surface area contributed by atoms with E-state index in [2.05, 4.69) is 15.6 Å². The monoisotopic (exact) mass is 384 g/mol. The zero-order valence-corrected chi connectivity index (χ0v) is 15.3. The molecular formula is C19H17ClN4O3. The van der Waals surface area contributed by atoms with E-state index in [1.54, 1.807) is 47.0 Å². The van der Waals surface area contributed by atoms with Crippen molar-refractivity contribution in [3.8, 4) is 5.75 Å². The van der Waals surface area contributed by atoms with Crippen molar-refractivity contribution >= 4 is 34.6 Å². The van der Waals surface area contributed by atoms with Crippen LogP contribution in [0.4, 0.5) is 5.69 Å². The third-order valence-corrected chi connectivity index (χ3v) is 4.52. The SMILES string of the molecule is COc1ccc(Cl)cc1NC(=O)c1nc(C(=O)NC2CC2)n2ccccc12. The van der Waals surface area contributed by atoms with Crippen molar-refractivity contribution in [2.45, 2.75) is 18.9 Å². The summed E-state index contributed by atoms with van der Waals surface area (Å²) in [6.07, 6.45) is 3.65. The smallest absolute Gasteiger partial charge is 0.287 e. The number of carbonyl (C=O) groups is 2. The Kier molecular flexibility index (Phi) is 4.45. The average molecular weight is 385 g/mol. The molecular weight excluding hydrogens is 368 g/mol. The Morgan fingerprint density at radius 1 is 1.22 bits per heavy atom. The summed E-state index contributed by atoms with van der Waals surface area (Å²) in [5.41, 5.74) is 1.12. The van der Waals surface area contributed by atoms with Crippen molar-refractivity contribution in [3.05, 3.63) is 59.1 Å². The Balaban J connectivity index is 1.70. The van der Waals surface area contributed by atoms with Crippen LogP contribution in [0.15, 0.2) is 42.6 Å². The molecule has 2 aromatic heterocycles. The first-order chi connectivity index (χ1) is 13.1. The Hall–Kier alpha value is -3.06. The molecule has 0 radical (unpaired) electrons. The molecule has 4 rings (SSSR count). The predicted molar refractivity (Wildman–Crippen MR) is 102 cm³/mol. The van der Waals surface area contributed by atoms with Crippen LogP contribution in [0.2, 0.25) is 5.02 Å². The third-order valence-electron chi connectivity index (χ3n) is 4.29. The number of nitrogens with zero attached hydrogens (tertiary/aromatic N) is 2. The summed E-state index contributed by atoms with van der Waals surface area (Å²) in [4.78, 5) is 29.7. The van der Waals surface area contributed by atoms with Gasteiger partial charge >= 0.3 is 0 Å². The van der Waals surface area contributed by atoms with Crippen LogP contribution < -0.4 is 15.4 Å². The van der Waals surface area contributed by atoms with Crippen LogP contribution in [0.1, 0.15) is 33.9 Å². The summed E-state index contributed by atoms with van der Waals surface area (Å²) >= 11 is 6.02. The average Bonchev–Trinajstić information content (AvgIpc) is 3.38. The van der Waals surface area contributed by atoms with Gasteiger partial charge < -0.3 is 15.4 Å². The minimum Gasteiger partial charge on any atom is -0.495 e. The van der Waals surface area contributed by atoms with Gasteiger partial charge in [0.25, 0.3) is 11.8 Å². The van der Waals surface area contributed by atoms with Crippen molar-refractivity contribution in [3.63, 3.8) is 0 Å². The standard InChI is InChI=1S/C19H17ClN4O3/c1-27-15-8-5-11(20)10-13(15)22-18(25)16-14-4-2-3-9-24(14)17(23-16)19(26)21-12-6-7-12/h2-5,8-10,12H,6-7H2,1H3,(H,21,26)(H,22,25). The highest BCUT2D eigenvalue weighted by atomic mass is 35.5. The van der Waals surface area contributed by atoms with E-state index >= 15 is 0 Å². The van der Waals surface area contributed by atoms with Crippen LogP contribution in [-0.4, -0.2) is 34.4 Å². The van der Waals surface area contributed by atoms with E-state index in [-0.39, 0.29) is 23.5 Å². The molecule has 3 aromatic rings. The second kappa shape index (κ2) is 6.92. The van der Waals surface area contributed by atoms with E-state index in [1.807, 2.05) is 0 Å². The number of fused-ring (bicyclic) bond motifs is 1. The topological polar surface area (TPSA) is 84.7 Å². The molecule has 1 aliphatic carbocycles. The molecule has 2 heterocycles. The van der Waals surface area contributed by atoms with E-state index in [9.17, 15) is 9.59 Å². The number of nitrogens with one attached hydrogen (secondary N) is 2. The number of anilines is 1. The van der Waals surface area contributed by atoms with Gasteiger partial charge in [-0.05, 0) is 43.2 Å². The minimum absolute atomic E-state index is 0.151. The zero-order valence-electron chi connectivity index (χ0n) is 14.5. The quantitative estimate of drug-likeness (QED) is 0.707. The van der Waals surface area contributed by atoms with Crippen LogP contribution in [0.3, 0.4) is 0 Å². The van der Waals surface area contributed by atoms with Crippen LogP contribution in [0, 0.1) is 0 Å². The molecule has 138 valence electrons. The molecule has 2 amide bonds. The molecule has 1 saturated carbocycles. The summed E-state index contributed by atoms with van der Waals surface area (Å²) in [5, 5.41) is 6.12. The van der Waals surface area contributed by atoms with Crippen molar-refractivity contribution in [1.29, 1.82) is 0 Å². The highest BCUT2D eigenvalue weighted by Crippen LogP contribution is 2.28. The summed E-state index contributed by atoms with van der Waals surface area (Å²) in [7, 11) is 1.51. The van der Waals surface area contributed by atoms with Gasteiger partial charge in [0.15, 0.2) is 5.69 Å². The number of ether oxygens (including phenoxy) is 1. The first-order valence-electron chi connectivity index (χ1n) is 8.49. The van der Waals surface area contributed by atoms with Crippen LogP contribution >= 0.6 is 11.6 Å². The Labute approximate surface area is 160 Å². The molecule has 7 nitrogen and oxygen atoms in total. The maximum absolute atomic E-state index is 12.9. The molecule has 0 saturated heterocycles. The van der Waals surface area contributed by atoms with Gasteiger partial charge in [-0.1, -0.05) is 17.7 Å². The summed E-state index contributed by atoms with van der Waals surface area (Å²) < 4.78 is 6.87. The Bertz CT molecular complexity index is 1040. The van der Waals surface area contributed by atoms with Crippen molar-refractivity contribution in [2.24, 2.45) is 0 Å². The van der Waals surface area contributed by atoms with Gasteiger partial charge in [0.05, 0.1) is 18.3 Å². The molecule has 27 heavy (non-hydrogen) atoms. The third kappa shape index (κ3) is 3.46. The lowest BCUT2D eigenvalue weighted by Gasteiger charge is -2.09. The maximum Gasteiger partial charge on any atom is 0.287 e. The molecule has 0 aliphatic heterocycles. The molecule has 0 atom stereocenters. The van der Waals surface area contributed by atoms with Crippen LogP contribution in [-0.2, 0) is 0 Å². The lowest BCUT2D eigenvalue weighted by Crippen LogP contribution is -2.27. The fraction of sp³-hybridized carbons (Fsp3) is 0.211. The van der Waals surface area contributed by atoms with Crippen LogP contribution in [0.25, 0.3) is 5.52 Å². The van der Waals surface area contributed by atoms with Gasteiger partial charge in [0.2, 0.25) is 5.82 Å². The number of rotatable bonds is 5. The van der Waals surface area contributed by atoms with E-state index in [1.165, 1.54) is 7.11 Å². The lowest BCUT2D eigenvalue weighted by molar-refractivity contribution is 0.0940. The summed E-state index contributed by atoms with van der Waals surface area (Å²) in [6, 6.07) is 10.4. The molecule has 2 N–H and O–H groups in total. The van der Waals surface area contributed by atoms with Crippen molar-refractivity contribution < 1.29 is 14.3 Å². The molecule has 0 unspecified atom stereocenters. The second-order valence-corrected chi connectivity index (χ2v) is 6.72. The van der Waals surface area contributed by atoms with Gasteiger partial charge in [-0.2, -0.15) is 0 Å². The normalized spacial score (nSPS) is 13.4. The van der Waals surface area contributed by atoms with Crippen LogP contribution in [0.5, 0.6) is 5.75 Å². The largest absolute Gasteiger partial charge is 0.495 e. The molecule has 1 aliphatic rings. The number of methoxy groups -OCH3 is 1. The fourth-order valence-electron chi connectivity index (χ4n) is 2.80. The number of pyridine rings is 1. The number of carbonyl (C=O) groups excluding carboxylic acids is 2. The number of halogens is 1. The second-order valence-electron chi connectivity index (χ2n) is 6.29. The molecule has 0 bridgehead atoms. The molecule has 1 fully saturated rings. The van der Waals surface area contributed by atoms with E-state index < -0.39 is 5.91 Å². The summed E-state index contributed by atoms with van der Waals surface area (Å²) in [6.45, 7) is 0. The predicted octanol–water partition coefficient (Wildman–Crippen LogP) is 3.14. The number of amides is 2. The van der Waals surface area contributed by atoms with E-state index in [4.69, 9.17) is 16.3 Å². The van der Waals surface area contributed by atoms with Crippen molar-refractivity contribution in [1.82, 2.24) is 14.7 Å². The molecule has 8 heteroatoms. The summed E-state index contributed by atoms with van der Waals surface area (Å²) in [5.74, 6) is -0.0912. The first kappa shape index (κ1) is 17.4. The lowest BCUT2D eigenvalue weighted by atomic mass is 10.2. The molecule has 0 spiro atoms. The van der Waals surface area contributed by atoms with Gasteiger partial charge in [-0.3, -0.25) is 14.0 Å². The van der Waals surface area contributed by atoms with Gasteiger partial charge in [0.1, 0.15) is 5.75 Å². The number of aromatic nitrogens is 2. The fourth-order valence-corrected chi connectivity index (χ4v) is 2.97. The number of hydrogen-bond acceptors (Lipinski definition) is 4. The van der Waals surface area contributed by atoms with Gasteiger partial charge in [0, 0.05) is 17.3 Å². The minimum atomic E-state index is -0.454. The van der Waals surface area contributed by atoms with E-state index in [0.717, 1.165) is 12.8 Å². The zero-order chi connectivity index (χ0) is 19.0. The highest BCUT2D eigenvalue weighted by molar-refractivity contribution is 6.31. The highest BCUT2D eigenvalue weighted by Gasteiger charge is 2.27. The Morgan fingerprint density at radius 2 is 2.04 bits per heavy atom. The first-order valence-corrected chi connectivity index (χ1v) is 8.87.